The molecule has 43 heavy (non-hydrogen) atoms. The van der Waals surface area contributed by atoms with E-state index < -0.39 is 35.6 Å². The molecule has 1 saturated heterocycles. The number of aryl methyl sites for hydroxylation is 3. The summed E-state index contributed by atoms with van der Waals surface area (Å²) in [5.41, 5.74) is 3.59. The SMILES string of the molecule is CCOc1ccc([C@H]2[C@H](C(=O)O)[C@@H](c3cc4c(cc3C)OCO4)CN2CC(=O)Nc2c(CC)cc(F)cc2CC)c(F)c1. The fourth-order valence-electron chi connectivity index (χ4n) is 6.35. The van der Waals surface area contributed by atoms with Gasteiger partial charge in [-0.25, -0.2) is 8.78 Å². The van der Waals surface area contributed by atoms with Gasteiger partial charge in [0.1, 0.15) is 17.4 Å². The number of carbonyl (C=O) groups is 2. The van der Waals surface area contributed by atoms with Gasteiger partial charge in [0, 0.05) is 29.8 Å². The number of carbonyl (C=O) groups excluding carboxylic acids is 1. The largest absolute Gasteiger partial charge is 0.494 e. The second-order valence-electron chi connectivity index (χ2n) is 10.9. The van der Waals surface area contributed by atoms with Gasteiger partial charge in [-0.1, -0.05) is 19.9 Å². The monoisotopic (exact) mass is 594 g/mol. The van der Waals surface area contributed by atoms with Crippen molar-refractivity contribution in [3.63, 3.8) is 0 Å². The van der Waals surface area contributed by atoms with Crippen LogP contribution in [0, 0.1) is 24.5 Å². The van der Waals surface area contributed by atoms with Gasteiger partial charge in [-0.2, -0.15) is 0 Å². The van der Waals surface area contributed by atoms with Gasteiger partial charge < -0.3 is 24.6 Å². The number of hydrogen-bond acceptors (Lipinski definition) is 6. The number of carboxylic acid groups (broad SMARTS) is 1. The van der Waals surface area contributed by atoms with E-state index in [1.165, 1.54) is 24.3 Å². The molecular formula is C33H36F2N2O6. The van der Waals surface area contributed by atoms with Crippen LogP contribution in [0.5, 0.6) is 17.2 Å². The molecular weight excluding hydrogens is 558 g/mol. The molecule has 2 aliphatic heterocycles. The van der Waals surface area contributed by atoms with E-state index in [2.05, 4.69) is 5.32 Å². The first-order chi connectivity index (χ1) is 20.6. The van der Waals surface area contributed by atoms with Crippen molar-refractivity contribution < 1.29 is 37.7 Å². The van der Waals surface area contributed by atoms with Crippen LogP contribution in [0.4, 0.5) is 14.5 Å². The average molecular weight is 595 g/mol. The molecule has 0 radical (unpaired) electrons. The Hall–Kier alpha value is -4.18. The fraction of sp³-hybridized carbons (Fsp3) is 0.394. The van der Waals surface area contributed by atoms with Gasteiger partial charge >= 0.3 is 5.97 Å². The molecule has 10 heteroatoms. The van der Waals surface area contributed by atoms with E-state index in [4.69, 9.17) is 14.2 Å². The Morgan fingerprint density at radius 3 is 2.28 bits per heavy atom. The highest BCUT2D eigenvalue weighted by atomic mass is 19.1. The Balaban J connectivity index is 1.54. The summed E-state index contributed by atoms with van der Waals surface area (Å²) in [6.07, 6.45) is 1.02. The third kappa shape index (κ3) is 6.01. The second-order valence-corrected chi connectivity index (χ2v) is 10.9. The Kier molecular flexibility index (Phi) is 8.87. The van der Waals surface area contributed by atoms with E-state index in [1.54, 1.807) is 24.0 Å². The summed E-state index contributed by atoms with van der Waals surface area (Å²) >= 11 is 0. The molecule has 5 rings (SSSR count). The highest BCUT2D eigenvalue weighted by molar-refractivity contribution is 5.94. The van der Waals surface area contributed by atoms with Crippen molar-refractivity contribution in [3.8, 4) is 17.2 Å². The van der Waals surface area contributed by atoms with Crippen LogP contribution in [0.2, 0.25) is 0 Å². The minimum Gasteiger partial charge on any atom is -0.494 e. The number of hydrogen-bond donors (Lipinski definition) is 2. The number of nitrogens with one attached hydrogen (secondary N) is 1. The molecule has 0 bridgehead atoms. The molecule has 0 saturated carbocycles. The standard InChI is InChI=1S/C33H36F2N2O6/c1-5-19-11-21(34)12-20(6-2)31(19)36-29(38)16-37-15-25(24-14-28-27(10-18(24)4)42-17-43-28)30(33(39)40)32(37)23-9-8-22(41-7-3)13-26(23)35/h8-14,25,30,32H,5-7,15-17H2,1-4H3,(H,36,38)(H,39,40)/t25-,30-,32+/m1/s1. The number of halogens is 2. The number of ether oxygens (including phenoxy) is 3. The number of anilines is 1. The number of benzene rings is 3. The molecule has 3 aromatic carbocycles. The molecule has 1 fully saturated rings. The lowest BCUT2D eigenvalue weighted by molar-refractivity contribution is -0.143. The zero-order chi connectivity index (χ0) is 30.8. The molecule has 0 unspecified atom stereocenters. The van der Waals surface area contributed by atoms with Crippen molar-refractivity contribution >= 4 is 17.6 Å². The number of aliphatic carboxylic acids is 1. The molecule has 0 aliphatic carbocycles. The predicted octanol–water partition coefficient (Wildman–Crippen LogP) is 6.01. The van der Waals surface area contributed by atoms with Crippen molar-refractivity contribution in [2.75, 3.05) is 31.8 Å². The highest BCUT2D eigenvalue weighted by Gasteiger charge is 2.49. The lowest BCUT2D eigenvalue weighted by atomic mass is 9.81. The second kappa shape index (κ2) is 12.6. The average Bonchev–Trinajstić information content (AvgIpc) is 3.57. The van der Waals surface area contributed by atoms with Crippen LogP contribution in [0.25, 0.3) is 0 Å². The van der Waals surface area contributed by atoms with Gasteiger partial charge in [-0.05, 0) is 79.3 Å². The number of fused-ring (bicyclic) bond motifs is 1. The summed E-state index contributed by atoms with van der Waals surface area (Å²) in [4.78, 5) is 28.2. The van der Waals surface area contributed by atoms with Crippen LogP contribution in [-0.2, 0) is 22.4 Å². The lowest BCUT2D eigenvalue weighted by Gasteiger charge is -2.27. The molecule has 2 aliphatic rings. The number of carboxylic acids is 1. The van der Waals surface area contributed by atoms with Crippen molar-refractivity contribution in [2.24, 2.45) is 5.92 Å². The van der Waals surface area contributed by atoms with Crippen molar-refractivity contribution in [2.45, 2.75) is 52.5 Å². The fourth-order valence-corrected chi connectivity index (χ4v) is 6.35. The van der Waals surface area contributed by atoms with Crippen LogP contribution in [0.1, 0.15) is 60.5 Å². The zero-order valence-corrected chi connectivity index (χ0v) is 24.7. The van der Waals surface area contributed by atoms with Crippen LogP contribution in [0.15, 0.2) is 42.5 Å². The number of rotatable bonds is 10. The summed E-state index contributed by atoms with van der Waals surface area (Å²) in [5, 5.41) is 13.5. The molecule has 2 heterocycles. The molecule has 2 N–H and O–H groups in total. The first kappa shape index (κ1) is 30.3. The van der Waals surface area contributed by atoms with E-state index in [0.29, 0.717) is 53.5 Å². The van der Waals surface area contributed by atoms with Crippen LogP contribution in [0.3, 0.4) is 0 Å². The minimum absolute atomic E-state index is 0.0699. The lowest BCUT2D eigenvalue weighted by Crippen LogP contribution is -2.36. The van der Waals surface area contributed by atoms with Gasteiger partial charge in [-0.15, -0.1) is 0 Å². The topological polar surface area (TPSA) is 97.3 Å². The Bertz CT molecular complexity index is 1520. The van der Waals surface area contributed by atoms with Gasteiger partial charge in [0.2, 0.25) is 12.7 Å². The number of amides is 1. The molecule has 0 aromatic heterocycles. The minimum atomic E-state index is -1.11. The van der Waals surface area contributed by atoms with E-state index in [0.717, 1.165) is 11.1 Å². The molecule has 0 spiro atoms. The summed E-state index contributed by atoms with van der Waals surface area (Å²) in [6.45, 7) is 7.80. The van der Waals surface area contributed by atoms with E-state index in [9.17, 15) is 19.1 Å². The molecule has 1 amide bonds. The van der Waals surface area contributed by atoms with Gasteiger partial charge in [-0.3, -0.25) is 14.5 Å². The Labute approximate surface area is 249 Å². The smallest absolute Gasteiger partial charge is 0.309 e. The zero-order valence-electron chi connectivity index (χ0n) is 24.7. The van der Waals surface area contributed by atoms with Gasteiger partial charge in [0.15, 0.2) is 11.5 Å². The van der Waals surface area contributed by atoms with E-state index >= 15 is 4.39 Å². The normalized spacial score (nSPS) is 19.4. The Morgan fingerprint density at radius 2 is 1.67 bits per heavy atom. The van der Waals surface area contributed by atoms with Crippen molar-refractivity contribution in [1.82, 2.24) is 4.90 Å². The molecule has 3 atom stereocenters. The maximum absolute atomic E-state index is 15.7. The van der Waals surface area contributed by atoms with Crippen molar-refractivity contribution in [1.29, 1.82) is 0 Å². The van der Waals surface area contributed by atoms with E-state index in [-0.39, 0.29) is 31.3 Å². The quantitative estimate of drug-likeness (QED) is 0.297. The highest BCUT2D eigenvalue weighted by Crippen LogP contribution is 2.49. The van der Waals surface area contributed by atoms with Gasteiger partial charge in [0.05, 0.1) is 25.1 Å². The molecule has 8 nitrogen and oxygen atoms in total. The number of nitrogens with zero attached hydrogens (tertiary/aromatic N) is 1. The predicted molar refractivity (Wildman–Crippen MR) is 157 cm³/mol. The van der Waals surface area contributed by atoms with Crippen LogP contribution < -0.4 is 19.5 Å². The third-order valence-electron chi connectivity index (χ3n) is 8.29. The molecule has 228 valence electrons. The van der Waals surface area contributed by atoms with Crippen molar-refractivity contribution in [3.05, 3.63) is 81.9 Å². The van der Waals surface area contributed by atoms with Gasteiger partial charge in [0.25, 0.3) is 0 Å². The van der Waals surface area contributed by atoms with Crippen LogP contribution >= 0.6 is 0 Å². The summed E-state index contributed by atoms with van der Waals surface area (Å²) in [5.74, 6) is -2.74. The maximum Gasteiger partial charge on any atom is 0.309 e. The van der Waals surface area contributed by atoms with Crippen LogP contribution in [-0.4, -0.2) is 48.4 Å². The Morgan fingerprint density at radius 1 is 1.00 bits per heavy atom. The first-order valence-corrected chi connectivity index (χ1v) is 14.5. The number of likely N-dealkylation sites (tertiary alicyclic amines) is 1. The summed E-state index contributed by atoms with van der Waals surface area (Å²) in [6, 6.07) is 9.83. The first-order valence-electron chi connectivity index (χ1n) is 14.5. The molecule has 3 aromatic rings. The maximum atomic E-state index is 15.7. The third-order valence-corrected chi connectivity index (χ3v) is 8.29. The summed E-state index contributed by atoms with van der Waals surface area (Å²) < 4.78 is 46.4. The summed E-state index contributed by atoms with van der Waals surface area (Å²) in [7, 11) is 0. The van der Waals surface area contributed by atoms with E-state index in [1.807, 2.05) is 26.8 Å².